The Morgan fingerprint density at radius 3 is 2.71 bits per heavy atom. The quantitative estimate of drug-likeness (QED) is 0.578. The van der Waals surface area contributed by atoms with Crippen molar-refractivity contribution >= 4 is 23.6 Å². The predicted octanol–water partition coefficient (Wildman–Crippen LogP) is 3.71. The van der Waals surface area contributed by atoms with Crippen LogP contribution < -0.4 is 0 Å². The van der Waals surface area contributed by atoms with Gasteiger partial charge in [0, 0.05) is 5.75 Å². The molecule has 0 radical (unpaired) electrons. The lowest BCUT2D eigenvalue weighted by molar-refractivity contribution is -0.148. The zero-order valence-corrected chi connectivity index (χ0v) is 15.1. The first-order chi connectivity index (χ1) is 11.5. The Morgan fingerprint density at radius 1 is 1.38 bits per heavy atom. The van der Waals surface area contributed by atoms with Crippen molar-refractivity contribution in [1.29, 1.82) is 0 Å². The SMILES string of the molecule is CCCCOC(=O)[C@H]1CS[C@@H](C(C)C)N1C(=O)c1ccccc1F. The van der Waals surface area contributed by atoms with Crippen molar-refractivity contribution in [3.05, 3.63) is 35.6 Å². The lowest BCUT2D eigenvalue weighted by atomic mass is 10.1. The van der Waals surface area contributed by atoms with Gasteiger partial charge in [0.15, 0.2) is 0 Å². The highest BCUT2D eigenvalue weighted by atomic mass is 32.2. The van der Waals surface area contributed by atoms with Crippen LogP contribution in [0.4, 0.5) is 4.39 Å². The number of ether oxygens (including phenoxy) is 1. The number of carbonyl (C=O) groups is 2. The van der Waals surface area contributed by atoms with E-state index in [0.29, 0.717) is 12.4 Å². The van der Waals surface area contributed by atoms with Crippen molar-refractivity contribution < 1.29 is 18.7 Å². The fraction of sp³-hybridized carbons (Fsp3) is 0.556. The van der Waals surface area contributed by atoms with E-state index < -0.39 is 23.7 Å². The lowest BCUT2D eigenvalue weighted by Crippen LogP contribution is -2.48. The summed E-state index contributed by atoms with van der Waals surface area (Å²) in [6.45, 7) is 6.35. The van der Waals surface area contributed by atoms with Crippen LogP contribution in [0, 0.1) is 11.7 Å². The number of hydrogen-bond donors (Lipinski definition) is 0. The van der Waals surface area contributed by atoms with Crippen molar-refractivity contribution in [1.82, 2.24) is 4.90 Å². The van der Waals surface area contributed by atoms with E-state index in [0.717, 1.165) is 12.8 Å². The summed E-state index contributed by atoms with van der Waals surface area (Å²) in [6, 6.07) is 5.22. The Kier molecular flexibility index (Phi) is 6.66. The van der Waals surface area contributed by atoms with E-state index >= 15 is 0 Å². The molecule has 0 saturated carbocycles. The van der Waals surface area contributed by atoms with E-state index in [1.54, 1.807) is 23.9 Å². The maximum absolute atomic E-state index is 14.0. The number of amides is 1. The number of esters is 1. The van der Waals surface area contributed by atoms with Gasteiger partial charge in [0.05, 0.1) is 17.5 Å². The number of hydrogen-bond acceptors (Lipinski definition) is 4. The number of rotatable bonds is 6. The number of nitrogens with zero attached hydrogens (tertiary/aromatic N) is 1. The summed E-state index contributed by atoms with van der Waals surface area (Å²) in [5.74, 6) is -0.786. The standard InChI is InChI=1S/C18H24FNO3S/c1-4-5-10-23-18(22)15-11-24-17(12(2)3)20(15)16(21)13-8-6-7-9-14(13)19/h6-9,12,15,17H,4-5,10-11H2,1-3H3/t15-,17+/m1/s1. The van der Waals surface area contributed by atoms with Crippen LogP contribution in [0.25, 0.3) is 0 Å². The highest BCUT2D eigenvalue weighted by molar-refractivity contribution is 8.00. The molecule has 1 aliphatic heterocycles. The smallest absolute Gasteiger partial charge is 0.329 e. The first kappa shape index (κ1) is 18.8. The zero-order chi connectivity index (χ0) is 17.7. The summed E-state index contributed by atoms with van der Waals surface area (Å²) in [5, 5.41) is -0.166. The Labute approximate surface area is 146 Å². The van der Waals surface area contributed by atoms with Crippen molar-refractivity contribution in [2.24, 2.45) is 5.92 Å². The van der Waals surface area contributed by atoms with Crippen LogP contribution in [0.1, 0.15) is 44.0 Å². The van der Waals surface area contributed by atoms with E-state index in [1.807, 2.05) is 20.8 Å². The summed E-state index contributed by atoms with van der Waals surface area (Å²) in [4.78, 5) is 26.8. The molecule has 1 saturated heterocycles. The minimum Gasteiger partial charge on any atom is -0.464 e. The molecule has 0 aliphatic carbocycles. The first-order valence-electron chi connectivity index (χ1n) is 8.32. The summed E-state index contributed by atoms with van der Waals surface area (Å²) in [5.41, 5.74) is -0.00277. The van der Waals surface area contributed by atoms with Crippen molar-refractivity contribution in [3.63, 3.8) is 0 Å². The third-order valence-corrected chi connectivity index (χ3v) is 5.58. The van der Waals surface area contributed by atoms with Gasteiger partial charge in [-0.25, -0.2) is 9.18 Å². The Hall–Kier alpha value is -1.56. The van der Waals surface area contributed by atoms with Crippen LogP contribution in [0.3, 0.4) is 0 Å². The highest BCUT2D eigenvalue weighted by Crippen LogP contribution is 2.36. The van der Waals surface area contributed by atoms with Gasteiger partial charge in [0.2, 0.25) is 0 Å². The van der Waals surface area contributed by atoms with Crippen LogP contribution in [-0.4, -0.2) is 40.6 Å². The molecule has 1 heterocycles. The summed E-state index contributed by atoms with van der Waals surface area (Å²) < 4.78 is 19.3. The van der Waals surface area contributed by atoms with Crippen molar-refractivity contribution in [3.8, 4) is 0 Å². The molecule has 4 nitrogen and oxygen atoms in total. The number of thioether (sulfide) groups is 1. The van der Waals surface area contributed by atoms with Gasteiger partial charge in [-0.3, -0.25) is 4.79 Å². The molecule has 0 aromatic heterocycles. The normalized spacial score (nSPS) is 20.5. The van der Waals surface area contributed by atoms with Gasteiger partial charge in [-0.2, -0.15) is 0 Å². The van der Waals surface area contributed by atoms with Gasteiger partial charge in [-0.05, 0) is 24.5 Å². The van der Waals surface area contributed by atoms with Crippen LogP contribution in [0.5, 0.6) is 0 Å². The maximum Gasteiger partial charge on any atom is 0.329 e. The number of unbranched alkanes of at least 4 members (excludes halogenated alkanes) is 1. The zero-order valence-electron chi connectivity index (χ0n) is 14.3. The van der Waals surface area contributed by atoms with Gasteiger partial charge in [0.1, 0.15) is 11.9 Å². The van der Waals surface area contributed by atoms with Crippen LogP contribution >= 0.6 is 11.8 Å². The minimum atomic E-state index is -0.661. The maximum atomic E-state index is 14.0. The second-order valence-electron chi connectivity index (χ2n) is 6.20. The number of benzene rings is 1. The average Bonchev–Trinajstić information content (AvgIpc) is 3.00. The van der Waals surface area contributed by atoms with Crippen molar-refractivity contribution in [2.45, 2.75) is 45.0 Å². The van der Waals surface area contributed by atoms with E-state index in [9.17, 15) is 14.0 Å². The van der Waals surface area contributed by atoms with E-state index in [2.05, 4.69) is 0 Å². The molecule has 0 bridgehead atoms. The van der Waals surface area contributed by atoms with Gasteiger partial charge in [-0.1, -0.05) is 39.3 Å². The van der Waals surface area contributed by atoms with Crippen molar-refractivity contribution in [2.75, 3.05) is 12.4 Å². The largest absolute Gasteiger partial charge is 0.464 e. The second-order valence-corrected chi connectivity index (χ2v) is 7.35. The molecule has 0 spiro atoms. The molecule has 6 heteroatoms. The van der Waals surface area contributed by atoms with Crippen LogP contribution in [-0.2, 0) is 9.53 Å². The first-order valence-corrected chi connectivity index (χ1v) is 9.37. The molecule has 0 unspecified atom stereocenters. The molecule has 1 aromatic carbocycles. The molecule has 1 fully saturated rings. The third-order valence-electron chi connectivity index (χ3n) is 3.96. The van der Waals surface area contributed by atoms with Gasteiger partial charge < -0.3 is 9.64 Å². The molecule has 2 rings (SSSR count). The molecule has 1 aromatic rings. The molecule has 1 amide bonds. The van der Waals surface area contributed by atoms with E-state index in [1.165, 1.54) is 17.0 Å². The minimum absolute atomic E-state index is 0.00277. The Balaban J connectivity index is 2.23. The topological polar surface area (TPSA) is 46.6 Å². The molecule has 2 atom stereocenters. The summed E-state index contributed by atoms with van der Waals surface area (Å²) in [6.07, 6.45) is 1.72. The molecule has 0 N–H and O–H groups in total. The van der Waals surface area contributed by atoms with Gasteiger partial charge in [-0.15, -0.1) is 11.8 Å². The number of halogens is 1. The third kappa shape index (κ3) is 4.09. The summed E-state index contributed by atoms with van der Waals surface area (Å²) >= 11 is 1.54. The predicted molar refractivity (Wildman–Crippen MR) is 93.3 cm³/mol. The van der Waals surface area contributed by atoms with Gasteiger partial charge >= 0.3 is 5.97 Å². The molecular weight excluding hydrogens is 329 g/mol. The Bertz CT molecular complexity index is 593. The Morgan fingerprint density at radius 2 is 2.08 bits per heavy atom. The van der Waals surface area contributed by atoms with Crippen LogP contribution in [0.15, 0.2) is 24.3 Å². The molecule has 24 heavy (non-hydrogen) atoms. The monoisotopic (exact) mass is 353 g/mol. The fourth-order valence-corrected chi connectivity index (χ4v) is 4.13. The summed E-state index contributed by atoms with van der Waals surface area (Å²) in [7, 11) is 0. The van der Waals surface area contributed by atoms with Gasteiger partial charge in [0.25, 0.3) is 5.91 Å². The van der Waals surface area contributed by atoms with E-state index in [-0.39, 0.29) is 16.9 Å². The number of carbonyl (C=O) groups excluding carboxylic acids is 2. The van der Waals surface area contributed by atoms with E-state index in [4.69, 9.17) is 4.74 Å². The molecular formula is C18H24FNO3S. The average molecular weight is 353 g/mol. The molecule has 132 valence electrons. The lowest BCUT2D eigenvalue weighted by Gasteiger charge is -2.30. The molecule has 1 aliphatic rings. The second kappa shape index (κ2) is 8.51. The highest BCUT2D eigenvalue weighted by Gasteiger charge is 2.44. The fourth-order valence-electron chi connectivity index (χ4n) is 2.67. The van der Waals surface area contributed by atoms with Crippen LogP contribution in [0.2, 0.25) is 0 Å².